The highest BCUT2D eigenvalue weighted by Crippen LogP contribution is 2.24. The number of phenolic OH excluding ortho intramolecular Hbond substituents is 1. The molecule has 0 bridgehead atoms. The molecule has 0 atom stereocenters. The average Bonchev–Trinajstić information content (AvgIpc) is 3.29. The van der Waals surface area contributed by atoms with Gasteiger partial charge in [0.2, 0.25) is 0 Å². The molecule has 30 heavy (non-hydrogen) atoms. The van der Waals surface area contributed by atoms with Crippen LogP contribution in [0, 0.1) is 5.82 Å². The molecule has 0 spiro atoms. The number of anilines is 1. The third-order valence-electron chi connectivity index (χ3n) is 5.40. The van der Waals surface area contributed by atoms with Gasteiger partial charge in [0.15, 0.2) is 11.6 Å². The van der Waals surface area contributed by atoms with E-state index >= 15 is 0 Å². The summed E-state index contributed by atoms with van der Waals surface area (Å²) < 4.78 is 14.2. The van der Waals surface area contributed by atoms with Crippen molar-refractivity contribution < 1.29 is 9.50 Å². The average molecular weight is 431 g/mol. The second-order valence-corrected chi connectivity index (χ2v) is 7.51. The summed E-state index contributed by atoms with van der Waals surface area (Å²) in [4.78, 5) is 2.40. The van der Waals surface area contributed by atoms with E-state index in [2.05, 4.69) is 39.6 Å². The molecule has 2 aliphatic heterocycles. The molecule has 2 aliphatic rings. The van der Waals surface area contributed by atoms with Crippen LogP contribution in [0.2, 0.25) is 0 Å². The first-order chi connectivity index (χ1) is 14.2. The van der Waals surface area contributed by atoms with E-state index in [0.717, 1.165) is 44.8 Å². The summed E-state index contributed by atoms with van der Waals surface area (Å²) in [5.74, 6) is -1.01. The molecular weight excluding hydrogens is 403 g/mol. The number of nitrogens with zero attached hydrogens (tertiary/aromatic N) is 3. The van der Waals surface area contributed by atoms with E-state index in [9.17, 15) is 9.50 Å². The number of nitrogens with one attached hydrogen (secondary N) is 1. The number of piperazine rings is 1. The SMILES string of the molecule is Cl.Oc1c(F)cc(/C=C/c2ccc(N3CCCC3)cc2)cc1/C=N/N1CCNCC1. The summed E-state index contributed by atoms with van der Waals surface area (Å²) in [6, 6.07) is 11.5. The fraction of sp³-hybridized carbons (Fsp3) is 0.348. The minimum absolute atomic E-state index is 0. The molecule has 2 heterocycles. The van der Waals surface area contributed by atoms with E-state index in [1.807, 2.05) is 17.2 Å². The number of aromatic hydroxyl groups is 1. The fourth-order valence-corrected chi connectivity index (χ4v) is 3.71. The molecule has 2 fully saturated rings. The van der Waals surface area contributed by atoms with Crippen molar-refractivity contribution in [3.05, 3.63) is 58.9 Å². The number of hydrogen-bond donors (Lipinski definition) is 2. The predicted molar refractivity (Wildman–Crippen MR) is 124 cm³/mol. The standard InChI is InChI=1S/C23H27FN4O.ClH/c24-22-16-19(15-20(23(22)29)17-26-28-13-9-25-10-14-28)4-3-18-5-7-21(8-6-18)27-11-1-2-12-27;/h3-8,15-17,25,29H,1-2,9-14H2;1H/b4-3+,26-17+;. The van der Waals surface area contributed by atoms with Crippen LogP contribution in [0.15, 0.2) is 41.5 Å². The summed E-state index contributed by atoms with van der Waals surface area (Å²) in [6.45, 7) is 5.59. The maximum atomic E-state index is 14.2. The summed E-state index contributed by atoms with van der Waals surface area (Å²) in [7, 11) is 0. The van der Waals surface area contributed by atoms with Crippen molar-refractivity contribution in [2.24, 2.45) is 5.10 Å². The maximum Gasteiger partial charge on any atom is 0.166 e. The zero-order chi connectivity index (χ0) is 20.1. The van der Waals surface area contributed by atoms with Crippen LogP contribution in [0.4, 0.5) is 10.1 Å². The van der Waals surface area contributed by atoms with Gasteiger partial charge < -0.3 is 15.3 Å². The van der Waals surface area contributed by atoms with E-state index in [-0.39, 0.29) is 18.2 Å². The zero-order valence-corrected chi connectivity index (χ0v) is 17.7. The molecule has 2 N–H and O–H groups in total. The van der Waals surface area contributed by atoms with Gasteiger partial charge in [-0.15, -0.1) is 12.4 Å². The number of phenols is 1. The molecule has 5 nitrogen and oxygen atoms in total. The molecule has 0 aliphatic carbocycles. The van der Waals surface area contributed by atoms with Crippen molar-refractivity contribution in [2.45, 2.75) is 12.8 Å². The Morgan fingerprint density at radius 3 is 2.30 bits per heavy atom. The van der Waals surface area contributed by atoms with Crippen molar-refractivity contribution in [2.75, 3.05) is 44.2 Å². The van der Waals surface area contributed by atoms with E-state index in [1.165, 1.54) is 30.8 Å². The van der Waals surface area contributed by atoms with Crippen molar-refractivity contribution in [1.82, 2.24) is 10.3 Å². The lowest BCUT2D eigenvalue weighted by atomic mass is 10.1. The van der Waals surface area contributed by atoms with Gasteiger partial charge in [-0.25, -0.2) is 4.39 Å². The lowest BCUT2D eigenvalue weighted by Crippen LogP contribution is -2.40. The van der Waals surface area contributed by atoms with Crippen LogP contribution >= 0.6 is 12.4 Å². The topological polar surface area (TPSA) is 51.1 Å². The Labute approximate surface area is 183 Å². The second-order valence-electron chi connectivity index (χ2n) is 7.51. The lowest BCUT2D eigenvalue weighted by Gasteiger charge is -2.24. The largest absolute Gasteiger partial charge is 0.504 e. The summed E-state index contributed by atoms with van der Waals surface area (Å²) >= 11 is 0. The van der Waals surface area contributed by atoms with Gasteiger partial charge in [0, 0.05) is 50.5 Å². The minimum Gasteiger partial charge on any atom is -0.504 e. The quantitative estimate of drug-likeness (QED) is 0.556. The molecule has 4 rings (SSSR count). The molecule has 0 saturated carbocycles. The molecule has 2 aromatic carbocycles. The highest BCUT2D eigenvalue weighted by atomic mass is 35.5. The molecule has 0 radical (unpaired) electrons. The van der Waals surface area contributed by atoms with Crippen LogP contribution in [0.1, 0.15) is 29.5 Å². The van der Waals surface area contributed by atoms with Gasteiger partial charge in [-0.2, -0.15) is 5.10 Å². The number of hydrogen-bond acceptors (Lipinski definition) is 5. The van der Waals surface area contributed by atoms with Crippen LogP contribution in [0.25, 0.3) is 12.2 Å². The van der Waals surface area contributed by atoms with Gasteiger partial charge in [0.05, 0.1) is 6.21 Å². The van der Waals surface area contributed by atoms with Crippen LogP contribution in [0.3, 0.4) is 0 Å². The maximum absolute atomic E-state index is 14.2. The Morgan fingerprint density at radius 2 is 1.60 bits per heavy atom. The Morgan fingerprint density at radius 1 is 0.933 bits per heavy atom. The smallest absolute Gasteiger partial charge is 0.166 e. The molecule has 2 aromatic rings. The van der Waals surface area contributed by atoms with Gasteiger partial charge in [0.25, 0.3) is 0 Å². The van der Waals surface area contributed by atoms with Crippen molar-refractivity contribution in [3.63, 3.8) is 0 Å². The Balaban J connectivity index is 0.00000256. The Bertz CT molecular complexity index is 889. The van der Waals surface area contributed by atoms with Crippen molar-refractivity contribution in [1.29, 1.82) is 0 Å². The number of rotatable bonds is 5. The van der Waals surface area contributed by atoms with Gasteiger partial charge in [-0.3, -0.25) is 5.01 Å². The fourth-order valence-electron chi connectivity index (χ4n) is 3.71. The third-order valence-corrected chi connectivity index (χ3v) is 5.40. The highest BCUT2D eigenvalue weighted by molar-refractivity contribution is 5.86. The zero-order valence-electron chi connectivity index (χ0n) is 16.9. The van der Waals surface area contributed by atoms with E-state index in [0.29, 0.717) is 11.1 Å². The summed E-state index contributed by atoms with van der Waals surface area (Å²) in [5.41, 5.74) is 3.37. The molecule has 7 heteroatoms. The molecule has 0 unspecified atom stereocenters. The first kappa shape index (κ1) is 22.1. The van der Waals surface area contributed by atoms with Crippen molar-refractivity contribution in [3.8, 4) is 5.75 Å². The van der Waals surface area contributed by atoms with Crippen LogP contribution in [0.5, 0.6) is 5.75 Å². The van der Waals surface area contributed by atoms with Gasteiger partial charge in [-0.05, 0) is 48.2 Å². The lowest BCUT2D eigenvalue weighted by molar-refractivity contribution is 0.253. The summed E-state index contributed by atoms with van der Waals surface area (Å²) in [6.07, 6.45) is 7.86. The Kier molecular flexibility index (Phi) is 7.71. The first-order valence-corrected chi connectivity index (χ1v) is 10.2. The summed E-state index contributed by atoms with van der Waals surface area (Å²) in [5, 5.41) is 19.6. The van der Waals surface area contributed by atoms with Crippen LogP contribution in [-0.4, -0.2) is 55.6 Å². The van der Waals surface area contributed by atoms with E-state index in [1.54, 1.807) is 6.07 Å². The van der Waals surface area contributed by atoms with E-state index in [4.69, 9.17) is 0 Å². The van der Waals surface area contributed by atoms with Crippen molar-refractivity contribution >= 4 is 36.5 Å². The van der Waals surface area contributed by atoms with Gasteiger partial charge in [-0.1, -0.05) is 24.3 Å². The molecule has 0 amide bonds. The Hall–Kier alpha value is -2.57. The molecule has 0 aromatic heterocycles. The monoisotopic (exact) mass is 430 g/mol. The molecule has 160 valence electrons. The highest BCUT2D eigenvalue weighted by Gasteiger charge is 2.12. The van der Waals surface area contributed by atoms with Gasteiger partial charge >= 0.3 is 0 Å². The third kappa shape index (κ3) is 5.52. The number of benzene rings is 2. The van der Waals surface area contributed by atoms with Crippen LogP contribution < -0.4 is 10.2 Å². The van der Waals surface area contributed by atoms with Gasteiger partial charge in [0.1, 0.15) is 0 Å². The number of halogens is 2. The molecule has 2 saturated heterocycles. The second kappa shape index (κ2) is 10.5. The predicted octanol–water partition coefficient (Wildman–Crippen LogP) is 3.96. The normalized spacial score (nSPS) is 17.1. The minimum atomic E-state index is -0.640. The van der Waals surface area contributed by atoms with E-state index < -0.39 is 5.82 Å². The molecular formula is C23H28ClFN4O. The first-order valence-electron chi connectivity index (χ1n) is 10.2. The number of hydrazone groups is 1. The van der Waals surface area contributed by atoms with Crippen LogP contribution in [-0.2, 0) is 0 Å².